The van der Waals surface area contributed by atoms with E-state index in [4.69, 9.17) is 42.1 Å². The molecule has 1 unspecified atom stereocenters. The molecule has 0 aromatic heterocycles. The number of hydrogen-bond acceptors (Lipinski definition) is 9. The predicted octanol–water partition coefficient (Wildman–Crippen LogP) is 3.11. The van der Waals surface area contributed by atoms with Crippen LogP contribution < -0.4 is 10.6 Å². The number of esters is 3. The number of dihydropyridines is 1. The Kier molecular flexibility index (Phi) is 11.5. The summed E-state index contributed by atoms with van der Waals surface area (Å²) < 4.78 is 20.9. The second-order valence-electron chi connectivity index (χ2n) is 7.38. The SMILES string of the molecule is CCOC(=O)CNCCOCC1=C(C(=O)OCC)C(c2cccc(Cl)c2Cl)C(C(=O)OC)=C(C)N1. The van der Waals surface area contributed by atoms with Gasteiger partial charge in [0.25, 0.3) is 0 Å². The molecule has 1 aliphatic heterocycles. The molecule has 11 heteroatoms. The smallest absolute Gasteiger partial charge is 0.336 e. The lowest BCUT2D eigenvalue weighted by Gasteiger charge is -2.31. The molecule has 2 N–H and O–H groups in total. The van der Waals surface area contributed by atoms with E-state index in [1.165, 1.54) is 7.11 Å². The van der Waals surface area contributed by atoms with Crippen molar-refractivity contribution in [1.82, 2.24) is 10.6 Å². The lowest BCUT2D eigenvalue weighted by molar-refractivity contribution is -0.142. The van der Waals surface area contributed by atoms with E-state index in [-0.39, 0.29) is 53.5 Å². The Morgan fingerprint density at radius 2 is 1.77 bits per heavy atom. The number of allylic oxidation sites excluding steroid dienone is 1. The first kappa shape index (κ1) is 28.6. The zero-order valence-corrected chi connectivity index (χ0v) is 21.7. The summed E-state index contributed by atoms with van der Waals surface area (Å²) in [5.74, 6) is -2.50. The van der Waals surface area contributed by atoms with Crippen molar-refractivity contribution < 1.29 is 33.3 Å². The fourth-order valence-corrected chi connectivity index (χ4v) is 4.03. The maximum absolute atomic E-state index is 13.1. The van der Waals surface area contributed by atoms with Crippen molar-refractivity contribution in [1.29, 1.82) is 0 Å². The van der Waals surface area contributed by atoms with E-state index in [1.807, 2.05) is 0 Å². The maximum Gasteiger partial charge on any atom is 0.336 e. The number of carbonyl (C=O) groups is 3. The van der Waals surface area contributed by atoms with E-state index in [0.29, 0.717) is 30.1 Å². The second kappa shape index (κ2) is 14.1. The summed E-state index contributed by atoms with van der Waals surface area (Å²) >= 11 is 12.8. The highest BCUT2D eigenvalue weighted by Gasteiger charge is 2.40. The van der Waals surface area contributed by atoms with Crippen LogP contribution in [0.25, 0.3) is 0 Å². The minimum atomic E-state index is -0.894. The van der Waals surface area contributed by atoms with Gasteiger partial charge in [0.1, 0.15) is 0 Å². The van der Waals surface area contributed by atoms with E-state index >= 15 is 0 Å². The first-order chi connectivity index (χ1) is 16.8. The van der Waals surface area contributed by atoms with Gasteiger partial charge in [0, 0.05) is 12.2 Å². The fourth-order valence-electron chi connectivity index (χ4n) is 3.62. The van der Waals surface area contributed by atoms with Crippen LogP contribution >= 0.6 is 23.2 Å². The molecule has 0 spiro atoms. The summed E-state index contributed by atoms with van der Waals surface area (Å²) in [4.78, 5) is 37.3. The summed E-state index contributed by atoms with van der Waals surface area (Å²) in [6.45, 7) is 6.25. The number of rotatable bonds is 12. The molecule has 1 aliphatic rings. The summed E-state index contributed by atoms with van der Waals surface area (Å²) in [5, 5.41) is 6.50. The third-order valence-corrected chi connectivity index (χ3v) is 5.92. The van der Waals surface area contributed by atoms with Crippen molar-refractivity contribution in [2.24, 2.45) is 0 Å². The number of halogens is 2. The monoisotopic (exact) mass is 528 g/mol. The molecular weight excluding hydrogens is 499 g/mol. The average molecular weight is 529 g/mol. The lowest BCUT2D eigenvalue weighted by atomic mass is 9.80. The number of ether oxygens (including phenoxy) is 4. The Balaban J connectivity index is 2.38. The van der Waals surface area contributed by atoms with Crippen LogP contribution in [-0.4, -0.2) is 64.5 Å². The summed E-state index contributed by atoms with van der Waals surface area (Å²) in [6.07, 6.45) is 0. The molecule has 0 amide bonds. The predicted molar refractivity (Wildman–Crippen MR) is 131 cm³/mol. The third-order valence-electron chi connectivity index (χ3n) is 5.08. The molecule has 0 saturated carbocycles. The standard InChI is InChI=1S/C24H30Cl2N2O7/c1-5-34-18(29)12-27-10-11-33-13-17-21(24(31)35-6-2)20(15-8-7-9-16(25)22(15)26)19(14(3)28-17)23(30)32-4/h7-9,20,27-28H,5-6,10-13H2,1-4H3. The van der Waals surface area contributed by atoms with Gasteiger partial charge in [-0.1, -0.05) is 35.3 Å². The van der Waals surface area contributed by atoms with Gasteiger partial charge in [-0.15, -0.1) is 0 Å². The normalized spacial score (nSPS) is 15.5. The number of carbonyl (C=O) groups excluding carboxylic acids is 3. The van der Waals surface area contributed by atoms with E-state index in [1.54, 1.807) is 39.0 Å². The van der Waals surface area contributed by atoms with E-state index in [0.717, 1.165) is 0 Å². The molecule has 0 saturated heterocycles. The van der Waals surface area contributed by atoms with Crippen LogP contribution in [0, 0.1) is 0 Å². The summed E-state index contributed by atoms with van der Waals surface area (Å²) in [5.41, 5.74) is 1.73. The Morgan fingerprint density at radius 3 is 2.43 bits per heavy atom. The largest absolute Gasteiger partial charge is 0.466 e. The Labute approximate surface area is 214 Å². The molecular formula is C24H30Cl2N2O7. The van der Waals surface area contributed by atoms with Gasteiger partial charge in [0.2, 0.25) is 0 Å². The van der Waals surface area contributed by atoms with Gasteiger partial charge >= 0.3 is 17.9 Å². The van der Waals surface area contributed by atoms with Crippen molar-refractivity contribution in [3.05, 3.63) is 56.3 Å². The van der Waals surface area contributed by atoms with Crippen molar-refractivity contribution in [2.45, 2.75) is 26.7 Å². The molecule has 0 aliphatic carbocycles. The van der Waals surface area contributed by atoms with Gasteiger partial charge in [-0.2, -0.15) is 0 Å². The van der Waals surface area contributed by atoms with Crippen LogP contribution in [0.5, 0.6) is 0 Å². The highest BCUT2D eigenvalue weighted by Crippen LogP contribution is 2.43. The minimum Gasteiger partial charge on any atom is -0.466 e. The molecule has 0 fully saturated rings. The minimum absolute atomic E-state index is 0.00963. The topological polar surface area (TPSA) is 112 Å². The maximum atomic E-state index is 13.1. The molecule has 0 radical (unpaired) electrons. The van der Waals surface area contributed by atoms with Crippen LogP contribution in [0.15, 0.2) is 40.7 Å². The van der Waals surface area contributed by atoms with Crippen molar-refractivity contribution >= 4 is 41.1 Å². The third kappa shape index (κ3) is 7.44. The lowest BCUT2D eigenvalue weighted by Crippen LogP contribution is -2.35. The van der Waals surface area contributed by atoms with Crippen molar-refractivity contribution in [2.75, 3.05) is 46.6 Å². The van der Waals surface area contributed by atoms with Crippen LogP contribution in [0.4, 0.5) is 0 Å². The Bertz CT molecular complexity index is 1010. The molecule has 192 valence electrons. The number of nitrogens with one attached hydrogen (secondary N) is 2. The molecule has 0 bridgehead atoms. The van der Waals surface area contributed by atoms with Gasteiger partial charge in [0.05, 0.1) is 72.9 Å². The number of benzene rings is 1. The Hall–Kier alpha value is -2.59. The van der Waals surface area contributed by atoms with E-state index < -0.39 is 17.9 Å². The molecule has 1 aromatic rings. The number of methoxy groups -OCH3 is 1. The van der Waals surface area contributed by atoms with Gasteiger partial charge in [-0.05, 0) is 32.4 Å². The van der Waals surface area contributed by atoms with E-state index in [2.05, 4.69) is 10.6 Å². The Morgan fingerprint density at radius 1 is 1.06 bits per heavy atom. The van der Waals surface area contributed by atoms with E-state index in [9.17, 15) is 14.4 Å². The fraction of sp³-hybridized carbons (Fsp3) is 0.458. The highest BCUT2D eigenvalue weighted by molar-refractivity contribution is 6.42. The first-order valence-corrected chi connectivity index (χ1v) is 11.9. The second-order valence-corrected chi connectivity index (χ2v) is 8.16. The molecule has 9 nitrogen and oxygen atoms in total. The van der Waals surface area contributed by atoms with Gasteiger partial charge in [-0.25, -0.2) is 9.59 Å². The zero-order valence-electron chi connectivity index (χ0n) is 20.2. The highest BCUT2D eigenvalue weighted by atomic mass is 35.5. The van der Waals surface area contributed by atoms with Crippen molar-refractivity contribution in [3.8, 4) is 0 Å². The van der Waals surface area contributed by atoms with Gasteiger partial charge in [0.15, 0.2) is 0 Å². The van der Waals surface area contributed by atoms with Gasteiger partial charge < -0.3 is 29.6 Å². The zero-order chi connectivity index (χ0) is 26.0. The molecule has 2 rings (SSSR count). The van der Waals surface area contributed by atoms with Crippen LogP contribution in [-0.2, 0) is 33.3 Å². The van der Waals surface area contributed by atoms with Crippen LogP contribution in [0.1, 0.15) is 32.3 Å². The van der Waals surface area contributed by atoms with Crippen LogP contribution in [0.3, 0.4) is 0 Å². The van der Waals surface area contributed by atoms with Crippen molar-refractivity contribution in [3.63, 3.8) is 0 Å². The van der Waals surface area contributed by atoms with Crippen LogP contribution in [0.2, 0.25) is 10.0 Å². The summed E-state index contributed by atoms with van der Waals surface area (Å²) in [6, 6.07) is 4.99. The molecule has 1 aromatic carbocycles. The summed E-state index contributed by atoms with van der Waals surface area (Å²) in [7, 11) is 1.26. The molecule has 1 atom stereocenters. The van der Waals surface area contributed by atoms with Gasteiger partial charge in [-0.3, -0.25) is 4.79 Å². The quantitative estimate of drug-likeness (QED) is 0.240. The average Bonchev–Trinajstić information content (AvgIpc) is 2.82. The number of hydrogen-bond donors (Lipinski definition) is 2. The first-order valence-electron chi connectivity index (χ1n) is 11.1. The molecule has 1 heterocycles. The molecule has 35 heavy (non-hydrogen) atoms.